The van der Waals surface area contributed by atoms with E-state index in [0.717, 1.165) is 18.6 Å². The lowest BCUT2D eigenvalue weighted by Gasteiger charge is -2.35. The highest BCUT2D eigenvalue weighted by Gasteiger charge is 2.41. The predicted molar refractivity (Wildman–Crippen MR) is 106 cm³/mol. The van der Waals surface area contributed by atoms with Crippen LogP contribution in [0.1, 0.15) is 18.6 Å². The van der Waals surface area contributed by atoms with Gasteiger partial charge in [-0.3, -0.25) is 14.5 Å². The second-order valence-corrected chi connectivity index (χ2v) is 7.34. The van der Waals surface area contributed by atoms with Crippen molar-refractivity contribution < 1.29 is 18.8 Å². The minimum atomic E-state index is -0.254. The molecule has 0 aliphatic carbocycles. The molecule has 0 spiro atoms. The molecule has 2 saturated heterocycles. The lowest BCUT2D eigenvalue weighted by molar-refractivity contribution is -0.122. The summed E-state index contributed by atoms with van der Waals surface area (Å²) in [6.45, 7) is 2.23. The number of amides is 4. The Labute approximate surface area is 169 Å². The summed E-state index contributed by atoms with van der Waals surface area (Å²) in [7, 11) is 0. The molecule has 2 fully saturated rings. The first-order chi connectivity index (χ1) is 14.1. The molecular weight excluding hydrogens is 372 g/mol. The number of para-hydroxylation sites is 1. The second-order valence-electron chi connectivity index (χ2n) is 7.34. The van der Waals surface area contributed by atoms with Gasteiger partial charge in [-0.15, -0.1) is 0 Å². The van der Waals surface area contributed by atoms with E-state index in [1.165, 1.54) is 4.90 Å². The molecule has 8 nitrogen and oxygen atoms in total. The summed E-state index contributed by atoms with van der Waals surface area (Å²) in [5.41, 5.74) is 0.607. The quantitative estimate of drug-likeness (QED) is 0.753. The highest BCUT2D eigenvalue weighted by atomic mass is 16.3. The molecule has 8 heteroatoms. The van der Waals surface area contributed by atoms with Crippen molar-refractivity contribution in [3.63, 3.8) is 0 Å². The van der Waals surface area contributed by atoms with Crippen molar-refractivity contribution >= 4 is 23.5 Å². The molecule has 0 bridgehead atoms. The molecule has 2 aromatic rings. The number of rotatable bonds is 6. The molecule has 2 aliphatic rings. The summed E-state index contributed by atoms with van der Waals surface area (Å²) in [6.07, 6.45) is 3.07. The van der Waals surface area contributed by atoms with Gasteiger partial charge in [-0.1, -0.05) is 18.2 Å². The Morgan fingerprint density at radius 3 is 2.52 bits per heavy atom. The Hall–Kier alpha value is -3.13. The normalized spacial score (nSPS) is 18.5. The number of hydrogen-bond donors (Lipinski definition) is 1. The molecule has 0 radical (unpaired) electrons. The number of piperidine rings is 1. The van der Waals surface area contributed by atoms with E-state index in [2.05, 4.69) is 10.2 Å². The van der Waals surface area contributed by atoms with Crippen molar-refractivity contribution in [3.05, 3.63) is 54.5 Å². The third kappa shape index (κ3) is 4.32. The molecule has 0 saturated carbocycles. The Kier molecular flexibility index (Phi) is 5.62. The van der Waals surface area contributed by atoms with Gasteiger partial charge in [0, 0.05) is 19.1 Å². The van der Waals surface area contributed by atoms with Crippen molar-refractivity contribution in [1.29, 1.82) is 0 Å². The van der Waals surface area contributed by atoms with E-state index >= 15 is 0 Å². The van der Waals surface area contributed by atoms with Crippen LogP contribution in [0.2, 0.25) is 0 Å². The van der Waals surface area contributed by atoms with Crippen molar-refractivity contribution in [2.75, 3.05) is 31.1 Å². The summed E-state index contributed by atoms with van der Waals surface area (Å²) in [4.78, 5) is 42.4. The number of benzene rings is 1. The first-order valence-corrected chi connectivity index (χ1v) is 9.82. The van der Waals surface area contributed by atoms with Crippen LogP contribution in [0, 0.1) is 0 Å². The van der Waals surface area contributed by atoms with Crippen LogP contribution in [0.4, 0.5) is 10.5 Å². The maximum atomic E-state index is 12.8. The molecule has 4 amide bonds. The standard InChI is InChI=1S/C21H24N4O4/c26-19(22-13-18-7-4-12-29-18)14-23-10-8-16(9-11-23)24-15-20(27)25(21(24)28)17-5-2-1-3-6-17/h1-7,12,16H,8-11,13-15H2,(H,22,26). The van der Waals surface area contributed by atoms with Crippen LogP contribution in [-0.2, 0) is 16.1 Å². The molecule has 3 heterocycles. The van der Waals surface area contributed by atoms with Gasteiger partial charge in [0.25, 0.3) is 5.91 Å². The van der Waals surface area contributed by atoms with Gasteiger partial charge >= 0.3 is 6.03 Å². The van der Waals surface area contributed by atoms with Crippen LogP contribution in [-0.4, -0.2) is 59.9 Å². The average molecular weight is 396 g/mol. The molecular formula is C21H24N4O4. The molecule has 0 atom stereocenters. The van der Waals surface area contributed by atoms with Crippen LogP contribution in [0.15, 0.2) is 53.1 Å². The van der Waals surface area contributed by atoms with Crippen molar-refractivity contribution in [2.45, 2.75) is 25.4 Å². The van der Waals surface area contributed by atoms with Crippen molar-refractivity contribution in [1.82, 2.24) is 15.1 Å². The van der Waals surface area contributed by atoms with E-state index in [4.69, 9.17) is 4.42 Å². The van der Waals surface area contributed by atoms with Gasteiger partial charge in [0.15, 0.2) is 0 Å². The highest BCUT2D eigenvalue weighted by Crippen LogP contribution is 2.26. The Morgan fingerprint density at radius 2 is 1.83 bits per heavy atom. The van der Waals surface area contributed by atoms with Gasteiger partial charge in [-0.05, 0) is 37.1 Å². The third-order valence-corrected chi connectivity index (χ3v) is 5.41. The number of nitrogens with one attached hydrogen (secondary N) is 1. The second kappa shape index (κ2) is 8.48. The van der Waals surface area contributed by atoms with E-state index in [1.807, 2.05) is 24.3 Å². The maximum absolute atomic E-state index is 12.8. The van der Waals surface area contributed by atoms with Gasteiger partial charge in [0.05, 0.1) is 25.0 Å². The summed E-state index contributed by atoms with van der Waals surface area (Å²) in [6, 6.07) is 12.4. The lowest BCUT2D eigenvalue weighted by atomic mass is 10.0. The van der Waals surface area contributed by atoms with E-state index in [-0.39, 0.29) is 30.4 Å². The molecule has 1 aromatic heterocycles. The van der Waals surface area contributed by atoms with Crippen LogP contribution >= 0.6 is 0 Å². The number of likely N-dealkylation sites (tertiary alicyclic amines) is 1. The number of carbonyl (C=O) groups is 3. The smallest absolute Gasteiger partial charge is 0.332 e. The third-order valence-electron chi connectivity index (χ3n) is 5.41. The van der Waals surface area contributed by atoms with Gasteiger partial charge in [0.1, 0.15) is 12.3 Å². The Bertz CT molecular complexity index is 860. The predicted octanol–water partition coefficient (Wildman–Crippen LogP) is 1.83. The van der Waals surface area contributed by atoms with Gasteiger partial charge < -0.3 is 14.6 Å². The Balaban J connectivity index is 1.27. The fourth-order valence-electron chi connectivity index (χ4n) is 3.88. The summed E-state index contributed by atoms with van der Waals surface area (Å²) in [5, 5.41) is 2.85. The van der Waals surface area contributed by atoms with Crippen LogP contribution in [0.5, 0.6) is 0 Å². The summed E-state index contributed by atoms with van der Waals surface area (Å²) < 4.78 is 5.21. The van der Waals surface area contributed by atoms with Crippen molar-refractivity contribution in [2.24, 2.45) is 0 Å². The molecule has 29 heavy (non-hydrogen) atoms. The van der Waals surface area contributed by atoms with Gasteiger partial charge in [0.2, 0.25) is 5.91 Å². The number of furan rings is 1. The van der Waals surface area contributed by atoms with Crippen molar-refractivity contribution in [3.8, 4) is 0 Å². The van der Waals surface area contributed by atoms with E-state index in [0.29, 0.717) is 31.9 Å². The number of imide groups is 1. The largest absolute Gasteiger partial charge is 0.467 e. The molecule has 2 aliphatic heterocycles. The molecule has 152 valence electrons. The summed E-state index contributed by atoms with van der Waals surface area (Å²) in [5.74, 6) is 0.473. The Morgan fingerprint density at radius 1 is 1.07 bits per heavy atom. The SMILES string of the molecule is O=C(CN1CCC(N2CC(=O)N(c3ccccc3)C2=O)CC1)NCc1ccco1. The maximum Gasteiger partial charge on any atom is 0.332 e. The van der Waals surface area contributed by atoms with Crippen LogP contribution in [0.3, 0.4) is 0 Å². The monoisotopic (exact) mass is 396 g/mol. The van der Waals surface area contributed by atoms with Crippen LogP contribution < -0.4 is 10.2 Å². The number of hydrogen-bond acceptors (Lipinski definition) is 5. The molecule has 4 rings (SSSR count). The van der Waals surface area contributed by atoms with Crippen LogP contribution in [0.25, 0.3) is 0 Å². The minimum absolute atomic E-state index is 0.0163. The van der Waals surface area contributed by atoms with Gasteiger partial charge in [-0.2, -0.15) is 0 Å². The first-order valence-electron chi connectivity index (χ1n) is 9.82. The number of nitrogens with zero attached hydrogens (tertiary/aromatic N) is 3. The number of urea groups is 1. The molecule has 0 unspecified atom stereocenters. The number of anilines is 1. The van der Waals surface area contributed by atoms with Gasteiger partial charge in [-0.25, -0.2) is 9.69 Å². The van der Waals surface area contributed by atoms with E-state index in [9.17, 15) is 14.4 Å². The zero-order valence-electron chi connectivity index (χ0n) is 16.1. The highest BCUT2D eigenvalue weighted by molar-refractivity contribution is 6.19. The molecule has 1 aromatic carbocycles. The minimum Gasteiger partial charge on any atom is -0.467 e. The summed E-state index contributed by atoms with van der Waals surface area (Å²) >= 11 is 0. The molecule has 1 N–H and O–H groups in total. The fourth-order valence-corrected chi connectivity index (χ4v) is 3.88. The van der Waals surface area contributed by atoms with E-state index in [1.54, 1.807) is 29.4 Å². The zero-order chi connectivity index (χ0) is 20.2. The zero-order valence-corrected chi connectivity index (χ0v) is 16.1. The lowest BCUT2D eigenvalue weighted by Crippen LogP contribution is -2.48. The fraction of sp³-hybridized carbons (Fsp3) is 0.381. The number of carbonyl (C=O) groups excluding carboxylic acids is 3. The average Bonchev–Trinajstić information content (AvgIpc) is 3.35. The topological polar surface area (TPSA) is 86.1 Å². The van der Waals surface area contributed by atoms with E-state index < -0.39 is 0 Å². The first kappa shape index (κ1) is 19.2.